The van der Waals surface area contributed by atoms with Crippen molar-refractivity contribution in [3.05, 3.63) is 308 Å². The van der Waals surface area contributed by atoms with Crippen LogP contribution in [0.4, 0.5) is 17.6 Å². The second kappa shape index (κ2) is 51.1. The fourth-order valence-electron chi connectivity index (χ4n) is 11.6. The molecular formula is C114H136F4Ir4N4O8-4. The smallest absolute Gasteiger partial charge is 0.164 e. The number of ketones is 4. The summed E-state index contributed by atoms with van der Waals surface area (Å²) in [6.07, 6.45) is 5.33. The van der Waals surface area contributed by atoms with E-state index in [1.54, 1.807) is 24.3 Å². The number of carbonyl (C=O) groups excluding carboxylic acids is 4. The number of allylic oxidation sites excluding steroid dienone is 8. The second-order valence-corrected chi connectivity index (χ2v) is 41.6. The second-order valence-electron chi connectivity index (χ2n) is 41.6. The number of halogens is 4. The summed E-state index contributed by atoms with van der Waals surface area (Å²) < 4.78 is 52.9. The molecule has 0 fully saturated rings. The Labute approximate surface area is 849 Å². The molecule has 12 rings (SSSR count). The van der Waals surface area contributed by atoms with Crippen molar-refractivity contribution in [3.63, 3.8) is 0 Å². The zero-order chi connectivity index (χ0) is 98.8. The molecule has 0 bridgehead atoms. The average molecular weight is 2540 g/mol. The van der Waals surface area contributed by atoms with Crippen molar-refractivity contribution in [1.29, 1.82) is 0 Å². The molecule has 4 heterocycles. The first kappa shape index (κ1) is 123. The maximum Gasteiger partial charge on any atom is 0.164 e. The maximum absolute atomic E-state index is 13.4. The summed E-state index contributed by atoms with van der Waals surface area (Å²) in [7, 11) is 0. The van der Waals surface area contributed by atoms with Gasteiger partial charge in [-0.3, -0.25) is 39.1 Å². The van der Waals surface area contributed by atoms with Gasteiger partial charge in [-0.2, -0.15) is 0 Å². The fraction of sp³-hybridized carbons (Fsp3) is 0.368. The van der Waals surface area contributed by atoms with E-state index in [9.17, 15) is 57.2 Å². The minimum absolute atomic E-state index is 0. The number of pyridine rings is 4. The van der Waals surface area contributed by atoms with E-state index < -0.39 is 21.7 Å². The molecule has 0 aliphatic heterocycles. The minimum Gasteiger partial charge on any atom is -0.512 e. The summed E-state index contributed by atoms with van der Waals surface area (Å²) >= 11 is 0. The predicted molar refractivity (Wildman–Crippen MR) is 530 cm³/mol. The number of hydrogen-bond acceptors (Lipinski definition) is 12. The molecule has 0 saturated carbocycles. The van der Waals surface area contributed by atoms with Crippen LogP contribution in [0.15, 0.2) is 205 Å². The zero-order valence-electron chi connectivity index (χ0n) is 84.4. The van der Waals surface area contributed by atoms with E-state index in [4.69, 9.17) is 0 Å². The summed E-state index contributed by atoms with van der Waals surface area (Å²) in [5.74, 6) is -0.545. The summed E-state index contributed by atoms with van der Waals surface area (Å²) in [6, 6.07) is 59.9. The van der Waals surface area contributed by atoms with E-state index in [-0.39, 0.29) is 172 Å². The SMILES string of the molecule is CC(C)(C)C(=O)C=C(O)C(C)(C)C.CC(C)(C)C(=O)C=C(O)C(C)(C)C.CC(C)(C)C(=O)C=C(O)C(C)(C)C.CC(C)(C)C(=O)C=C(O)C(C)(C)C.Cc1[c-]c(-c2nc3cc(F)ccc3cc2C)cc(C)c1.Cc1[c-]c(-c2nc3ccc(F)cc3cc2C)cc(C)c1.Cc1c[c-]c(-c2ccc3cc(F)ccc3n2)cc1C.Cc1cc[c-]c(-c2nc3ccc(F)cc3cc2C)c1.[Ir].[Ir].[Ir].[Ir]. The number of rotatable bonds is 8. The first-order valence-electron chi connectivity index (χ1n) is 43.6. The van der Waals surface area contributed by atoms with Gasteiger partial charge in [0.25, 0.3) is 0 Å². The van der Waals surface area contributed by atoms with Gasteiger partial charge < -0.3 is 20.4 Å². The van der Waals surface area contributed by atoms with Gasteiger partial charge in [0.05, 0.1) is 22.1 Å². The van der Waals surface area contributed by atoms with Crippen molar-refractivity contribution in [3.8, 4) is 45.0 Å². The average Bonchev–Trinajstić information content (AvgIpc) is 0.802. The van der Waals surface area contributed by atoms with Gasteiger partial charge in [0.2, 0.25) is 0 Å². The molecule has 728 valence electrons. The van der Waals surface area contributed by atoms with Crippen LogP contribution < -0.4 is 0 Å². The van der Waals surface area contributed by atoms with Crippen LogP contribution >= 0.6 is 0 Å². The molecule has 4 radical (unpaired) electrons. The van der Waals surface area contributed by atoms with Gasteiger partial charge in [-0.1, -0.05) is 262 Å². The molecule has 0 spiro atoms. The number of carbonyl (C=O) groups is 4. The summed E-state index contributed by atoms with van der Waals surface area (Å²) in [5.41, 5.74) is 18.8. The third kappa shape index (κ3) is 39.3. The van der Waals surface area contributed by atoms with Crippen molar-refractivity contribution >= 4 is 66.7 Å². The first-order valence-corrected chi connectivity index (χ1v) is 43.6. The quantitative estimate of drug-likeness (QED) is 0.0486. The van der Waals surface area contributed by atoms with Crippen molar-refractivity contribution in [2.24, 2.45) is 43.3 Å². The molecule has 12 nitrogen and oxygen atoms in total. The van der Waals surface area contributed by atoms with Crippen LogP contribution in [0, 0.1) is 160 Å². The number of hydrogen-bond donors (Lipinski definition) is 4. The Bertz CT molecular complexity index is 5970. The Morgan fingerprint density at radius 3 is 0.896 bits per heavy atom. The molecule has 8 aromatic carbocycles. The van der Waals surface area contributed by atoms with Crippen molar-refractivity contribution in [1.82, 2.24) is 19.9 Å². The minimum atomic E-state index is -0.417. The molecule has 4 aromatic heterocycles. The standard InChI is InChI=1S/2C18H15FN.2C17H13FN.4C11H20O2.4Ir/c1-11-6-12(2)8-15(7-11)18-13(3)9-14-10-16(19)4-5-17(14)20-18;1-11-6-12(2)8-15(7-11)18-13(3)9-14-4-5-16(19)10-17(14)20-18;1-11-3-4-13(9-12(11)2)16-7-5-14-10-15(18)6-8-17(14)19-16;1-11-4-3-5-13(8-11)17-12(2)9-14-10-15(18)6-7-16(14)19-17;4*1-10(2,3)8(12)7-9(13)11(4,5)6;;;;/h2*4-7,9-10H,1-3H3;3,5-10H,1-2H3;3-4,6-10H,1-2H3;4*7,12H,1-6H3;;;;/q4*-1;;;;;;;;. The van der Waals surface area contributed by atoms with Crippen LogP contribution in [0.25, 0.3) is 88.6 Å². The summed E-state index contributed by atoms with van der Waals surface area (Å²) in [4.78, 5) is 64.4. The van der Waals surface area contributed by atoms with E-state index >= 15 is 0 Å². The Morgan fingerprint density at radius 2 is 0.567 bits per heavy atom. The molecule has 0 aliphatic rings. The van der Waals surface area contributed by atoms with Gasteiger partial charge in [0.15, 0.2) is 23.1 Å². The number of nitrogens with zero attached hydrogens (tertiary/aromatic N) is 4. The van der Waals surface area contributed by atoms with E-state index in [0.29, 0.717) is 5.52 Å². The maximum atomic E-state index is 13.4. The van der Waals surface area contributed by atoms with Gasteiger partial charge in [0.1, 0.15) is 46.3 Å². The van der Waals surface area contributed by atoms with Crippen LogP contribution in [-0.4, -0.2) is 63.5 Å². The number of fused-ring (bicyclic) bond motifs is 4. The number of aliphatic hydroxyl groups is 4. The van der Waals surface area contributed by atoms with Crippen LogP contribution in [0.1, 0.15) is 222 Å². The largest absolute Gasteiger partial charge is 0.512 e. The van der Waals surface area contributed by atoms with E-state index in [0.717, 1.165) is 111 Å². The van der Waals surface area contributed by atoms with E-state index in [1.165, 1.54) is 101 Å². The Balaban J connectivity index is 0.000000769. The molecule has 0 amide bonds. The molecule has 20 heteroatoms. The number of aromatic nitrogens is 4. The van der Waals surface area contributed by atoms with Crippen molar-refractivity contribution in [2.45, 2.75) is 235 Å². The van der Waals surface area contributed by atoms with Crippen LogP contribution in [0.2, 0.25) is 0 Å². The Hall–Kier alpha value is -9.44. The van der Waals surface area contributed by atoms with Gasteiger partial charge in [-0.25, -0.2) is 17.6 Å². The Morgan fingerprint density at radius 1 is 0.276 bits per heavy atom. The number of aryl methyl sites for hydroxylation is 10. The predicted octanol–water partition coefficient (Wildman–Crippen LogP) is 30.8. The van der Waals surface area contributed by atoms with E-state index in [1.807, 2.05) is 256 Å². The molecule has 0 aliphatic carbocycles. The van der Waals surface area contributed by atoms with Crippen molar-refractivity contribution in [2.75, 3.05) is 0 Å². The topological polar surface area (TPSA) is 201 Å². The molecule has 12 aromatic rings. The first-order chi connectivity index (χ1) is 59.5. The van der Waals surface area contributed by atoms with Crippen LogP contribution in [0.5, 0.6) is 0 Å². The third-order valence-electron chi connectivity index (χ3n) is 20.4. The third-order valence-corrected chi connectivity index (χ3v) is 20.4. The Kier molecular flexibility index (Phi) is 46.7. The molecule has 0 atom stereocenters. The van der Waals surface area contributed by atoms with Gasteiger partial charge in [-0.15, -0.1) is 140 Å². The molecule has 0 saturated heterocycles. The van der Waals surface area contributed by atoms with Crippen LogP contribution in [-0.2, 0) is 99.6 Å². The molecule has 4 N–H and O–H groups in total. The fourth-order valence-corrected chi connectivity index (χ4v) is 11.6. The van der Waals surface area contributed by atoms with Crippen molar-refractivity contribution < 1.29 is 138 Å². The van der Waals surface area contributed by atoms with Gasteiger partial charge >= 0.3 is 0 Å². The number of benzene rings is 8. The molecular weight excluding hydrogens is 2400 g/mol. The van der Waals surface area contributed by atoms with E-state index in [2.05, 4.69) is 108 Å². The summed E-state index contributed by atoms with van der Waals surface area (Å²) in [5, 5.41) is 41.7. The van der Waals surface area contributed by atoms with Gasteiger partial charge in [0, 0.05) is 164 Å². The normalized spacial score (nSPS) is 12.0. The zero-order valence-corrected chi connectivity index (χ0v) is 94.0. The molecule has 134 heavy (non-hydrogen) atoms. The summed E-state index contributed by atoms with van der Waals surface area (Å²) in [6.45, 7) is 64.8. The monoisotopic (exact) mass is 2540 g/mol. The van der Waals surface area contributed by atoms with Gasteiger partial charge in [-0.05, 0) is 122 Å². The molecule has 0 unspecified atom stereocenters. The number of aliphatic hydroxyl groups excluding tert-OH is 4. The van der Waals surface area contributed by atoms with Crippen LogP contribution in [0.3, 0.4) is 0 Å².